The standard InChI is InChI=1S/C20H20ClN3O3/c1-13(2)12-27-17-9-3-14(4-10-17)19-11-18(20(25)23-26)22-24(19)16-7-5-15(21)6-8-16/h3-11,13,26H,12H2,1-2H3,(H,23,25). The van der Waals surface area contributed by atoms with Gasteiger partial charge in [0.2, 0.25) is 0 Å². The van der Waals surface area contributed by atoms with E-state index < -0.39 is 5.91 Å². The molecule has 0 spiro atoms. The molecule has 3 rings (SSSR count). The predicted octanol–water partition coefficient (Wildman–Crippen LogP) is 4.35. The van der Waals surface area contributed by atoms with Gasteiger partial charge in [-0.3, -0.25) is 10.0 Å². The van der Waals surface area contributed by atoms with Gasteiger partial charge in [0, 0.05) is 10.6 Å². The first-order valence-electron chi connectivity index (χ1n) is 8.51. The largest absolute Gasteiger partial charge is 0.493 e. The molecule has 1 amide bonds. The maximum atomic E-state index is 11.8. The third-order valence-electron chi connectivity index (χ3n) is 3.85. The molecule has 0 unspecified atom stereocenters. The number of carbonyl (C=O) groups is 1. The van der Waals surface area contributed by atoms with Gasteiger partial charge in [0.05, 0.1) is 18.0 Å². The topological polar surface area (TPSA) is 76.4 Å². The lowest BCUT2D eigenvalue weighted by Crippen LogP contribution is -2.19. The smallest absolute Gasteiger partial charge is 0.295 e. The fraction of sp³-hybridized carbons (Fsp3) is 0.200. The molecule has 0 atom stereocenters. The number of nitrogens with one attached hydrogen (secondary N) is 1. The first-order chi connectivity index (χ1) is 13.0. The van der Waals surface area contributed by atoms with E-state index in [1.807, 2.05) is 24.3 Å². The summed E-state index contributed by atoms with van der Waals surface area (Å²) in [6.07, 6.45) is 0. The second kappa shape index (κ2) is 8.24. The van der Waals surface area contributed by atoms with Crippen LogP contribution in [0.1, 0.15) is 24.3 Å². The van der Waals surface area contributed by atoms with Crippen molar-refractivity contribution in [3.8, 4) is 22.7 Å². The van der Waals surface area contributed by atoms with E-state index in [1.54, 1.807) is 40.5 Å². The molecular weight excluding hydrogens is 366 g/mol. The Balaban J connectivity index is 1.99. The fourth-order valence-electron chi connectivity index (χ4n) is 2.52. The minimum atomic E-state index is -0.680. The first-order valence-corrected chi connectivity index (χ1v) is 8.89. The van der Waals surface area contributed by atoms with E-state index in [0.29, 0.717) is 23.2 Å². The lowest BCUT2D eigenvalue weighted by atomic mass is 10.1. The van der Waals surface area contributed by atoms with Crippen LogP contribution >= 0.6 is 11.6 Å². The summed E-state index contributed by atoms with van der Waals surface area (Å²) < 4.78 is 7.34. The quantitative estimate of drug-likeness (QED) is 0.488. The van der Waals surface area contributed by atoms with E-state index in [2.05, 4.69) is 18.9 Å². The van der Waals surface area contributed by atoms with Crippen LogP contribution in [0.3, 0.4) is 0 Å². The number of hydrogen-bond donors (Lipinski definition) is 2. The van der Waals surface area contributed by atoms with E-state index in [0.717, 1.165) is 17.0 Å². The van der Waals surface area contributed by atoms with Gasteiger partial charge in [-0.1, -0.05) is 25.4 Å². The number of benzene rings is 2. The predicted molar refractivity (Wildman–Crippen MR) is 104 cm³/mol. The Labute approximate surface area is 162 Å². The summed E-state index contributed by atoms with van der Waals surface area (Å²) in [6, 6.07) is 16.3. The number of hydroxylamine groups is 1. The number of aromatic nitrogens is 2. The molecule has 3 aromatic rings. The molecule has 2 aromatic carbocycles. The first kappa shape index (κ1) is 18.9. The van der Waals surface area contributed by atoms with E-state index in [-0.39, 0.29) is 5.69 Å². The van der Waals surface area contributed by atoms with E-state index >= 15 is 0 Å². The van der Waals surface area contributed by atoms with Gasteiger partial charge in [-0.25, -0.2) is 10.2 Å². The highest BCUT2D eigenvalue weighted by atomic mass is 35.5. The second-order valence-electron chi connectivity index (χ2n) is 6.47. The summed E-state index contributed by atoms with van der Waals surface area (Å²) in [5, 5.41) is 13.8. The van der Waals surface area contributed by atoms with Gasteiger partial charge in [0.25, 0.3) is 5.91 Å². The molecule has 0 bridgehead atoms. The highest BCUT2D eigenvalue weighted by Gasteiger charge is 2.16. The molecule has 0 aliphatic rings. The van der Waals surface area contributed by atoms with Crippen molar-refractivity contribution in [2.45, 2.75) is 13.8 Å². The van der Waals surface area contributed by atoms with Gasteiger partial charge in [-0.15, -0.1) is 0 Å². The van der Waals surface area contributed by atoms with Crippen LogP contribution < -0.4 is 10.2 Å². The SMILES string of the molecule is CC(C)COc1ccc(-c2cc(C(=O)NO)nn2-c2ccc(Cl)cc2)cc1. The van der Waals surface area contributed by atoms with Gasteiger partial charge in [0.15, 0.2) is 5.69 Å². The minimum absolute atomic E-state index is 0.0996. The number of ether oxygens (including phenoxy) is 1. The van der Waals surface area contributed by atoms with Crippen LogP contribution in [0.25, 0.3) is 16.9 Å². The summed E-state index contributed by atoms with van der Waals surface area (Å²) in [6.45, 7) is 4.82. The van der Waals surface area contributed by atoms with Gasteiger partial charge in [0.1, 0.15) is 5.75 Å². The Morgan fingerprint density at radius 3 is 2.44 bits per heavy atom. The molecule has 0 saturated heterocycles. The zero-order valence-electron chi connectivity index (χ0n) is 15.0. The molecule has 0 saturated carbocycles. The molecule has 0 aliphatic heterocycles. The zero-order chi connectivity index (χ0) is 19.4. The molecular formula is C20H20ClN3O3. The fourth-order valence-corrected chi connectivity index (χ4v) is 2.64. The Morgan fingerprint density at radius 2 is 1.85 bits per heavy atom. The van der Waals surface area contributed by atoms with Crippen LogP contribution in [0.15, 0.2) is 54.6 Å². The third-order valence-corrected chi connectivity index (χ3v) is 4.10. The second-order valence-corrected chi connectivity index (χ2v) is 6.91. The van der Waals surface area contributed by atoms with Crippen molar-refractivity contribution < 1.29 is 14.7 Å². The summed E-state index contributed by atoms with van der Waals surface area (Å²) >= 11 is 5.96. The van der Waals surface area contributed by atoms with Crippen molar-refractivity contribution in [2.24, 2.45) is 5.92 Å². The minimum Gasteiger partial charge on any atom is -0.493 e. The highest BCUT2D eigenvalue weighted by molar-refractivity contribution is 6.30. The molecule has 6 nitrogen and oxygen atoms in total. The molecule has 0 aliphatic carbocycles. The number of carbonyl (C=O) groups excluding carboxylic acids is 1. The molecule has 27 heavy (non-hydrogen) atoms. The van der Waals surface area contributed by atoms with Crippen molar-refractivity contribution in [3.63, 3.8) is 0 Å². The maximum absolute atomic E-state index is 11.8. The number of amides is 1. The van der Waals surface area contributed by atoms with Gasteiger partial charge < -0.3 is 4.74 Å². The van der Waals surface area contributed by atoms with Crippen LogP contribution in [0.2, 0.25) is 5.02 Å². The Morgan fingerprint density at radius 1 is 1.19 bits per heavy atom. The average molecular weight is 386 g/mol. The average Bonchev–Trinajstić information content (AvgIpc) is 3.12. The molecule has 0 fully saturated rings. The molecule has 140 valence electrons. The van der Waals surface area contributed by atoms with Crippen molar-refractivity contribution in [1.82, 2.24) is 15.3 Å². The lowest BCUT2D eigenvalue weighted by molar-refractivity contribution is 0.0700. The van der Waals surface area contributed by atoms with Crippen LogP contribution in [-0.4, -0.2) is 27.5 Å². The van der Waals surface area contributed by atoms with E-state index in [1.165, 1.54) is 0 Å². The summed E-state index contributed by atoms with van der Waals surface area (Å²) in [4.78, 5) is 11.8. The summed E-state index contributed by atoms with van der Waals surface area (Å²) in [5.74, 6) is 0.537. The maximum Gasteiger partial charge on any atom is 0.295 e. The molecule has 1 aromatic heterocycles. The van der Waals surface area contributed by atoms with E-state index in [9.17, 15) is 4.79 Å². The number of hydrogen-bond acceptors (Lipinski definition) is 4. The van der Waals surface area contributed by atoms with Crippen LogP contribution in [-0.2, 0) is 0 Å². The Kier molecular flexibility index (Phi) is 5.78. The van der Waals surface area contributed by atoms with Crippen LogP contribution in [0.4, 0.5) is 0 Å². The molecule has 0 radical (unpaired) electrons. The molecule has 2 N–H and O–H groups in total. The lowest BCUT2D eigenvalue weighted by Gasteiger charge is -2.10. The monoisotopic (exact) mass is 385 g/mol. The summed E-state index contributed by atoms with van der Waals surface area (Å²) in [5.41, 5.74) is 4.01. The van der Waals surface area contributed by atoms with Gasteiger partial charge in [-0.05, 0) is 60.5 Å². The van der Waals surface area contributed by atoms with Crippen molar-refractivity contribution >= 4 is 17.5 Å². The van der Waals surface area contributed by atoms with Gasteiger partial charge >= 0.3 is 0 Å². The van der Waals surface area contributed by atoms with Gasteiger partial charge in [-0.2, -0.15) is 5.10 Å². The normalized spacial score (nSPS) is 10.9. The number of nitrogens with zero attached hydrogens (tertiary/aromatic N) is 2. The number of rotatable bonds is 6. The van der Waals surface area contributed by atoms with E-state index in [4.69, 9.17) is 21.5 Å². The number of halogens is 1. The zero-order valence-corrected chi connectivity index (χ0v) is 15.8. The van der Waals surface area contributed by atoms with Crippen LogP contribution in [0, 0.1) is 5.92 Å². The molecule has 7 heteroatoms. The molecule has 1 heterocycles. The van der Waals surface area contributed by atoms with Crippen molar-refractivity contribution in [3.05, 3.63) is 65.3 Å². The highest BCUT2D eigenvalue weighted by Crippen LogP contribution is 2.27. The van der Waals surface area contributed by atoms with Crippen LogP contribution in [0.5, 0.6) is 5.75 Å². The Hall–Kier alpha value is -2.83. The van der Waals surface area contributed by atoms with Crippen molar-refractivity contribution in [2.75, 3.05) is 6.61 Å². The Bertz CT molecular complexity index is 919. The summed E-state index contributed by atoms with van der Waals surface area (Å²) in [7, 11) is 0. The third kappa shape index (κ3) is 4.48. The van der Waals surface area contributed by atoms with Crippen molar-refractivity contribution in [1.29, 1.82) is 0 Å².